The molecule has 2 aromatic heterocycles. The largest absolute Gasteiger partial charge is 0.275 e. The van der Waals surface area contributed by atoms with Crippen LogP contribution in [-0.4, -0.2) is 14.8 Å². The Morgan fingerprint density at radius 2 is 2.14 bits per heavy atom. The summed E-state index contributed by atoms with van der Waals surface area (Å²) in [4.78, 5) is 4.09. The van der Waals surface area contributed by atoms with E-state index in [-0.39, 0.29) is 0 Å². The zero-order valence-corrected chi connectivity index (χ0v) is 8.78. The molecular formula is C10H10ClN3. The Balaban J connectivity index is 2.55. The van der Waals surface area contributed by atoms with Gasteiger partial charge in [-0.2, -0.15) is 5.10 Å². The average Bonchev–Trinajstić information content (AvgIpc) is 2.56. The highest BCUT2D eigenvalue weighted by Gasteiger charge is 2.06. The first-order valence-electron chi connectivity index (χ1n) is 4.28. The fourth-order valence-electron chi connectivity index (χ4n) is 1.32. The van der Waals surface area contributed by atoms with E-state index in [0.29, 0.717) is 5.15 Å². The molecule has 0 aliphatic carbocycles. The van der Waals surface area contributed by atoms with Crippen LogP contribution in [0.5, 0.6) is 0 Å². The molecule has 4 heteroatoms. The van der Waals surface area contributed by atoms with Crippen LogP contribution < -0.4 is 0 Å². The summed E-state index contributed by atoms with van der Waals surface area (Å²) in [5.41, 5.74) is 3.02. The van der Waals surface area contributed by atoms with E-state index in [2.05, 4.69) is 10.1 Å². The van der Waals surface area contributed by atoms with Gasteiger partial charge in [0.05, 0.1) is 6.20 Å². The van der Waals surface area contributed by atoms with Crippen molar-refractivity contribution in [1.29, 1.82) is 0 Å². The Morgan fingerprint density at radius 1 is 1.36 bits per heavy atom. The monoisotopic (exact) mass is 207 g/mol. The van der Waals surface area contributed by atoms with E-state index in [4.69, 9.17) is 11.6 Å². The van der Waals surface area contributed by atoms with Gasteiger partial charge in [-0.1, -0.05) is 11.6 Å². The molecule has 0 fully saturated rings. The van der Waals surface area contributed by atoms with Crippen molar-refractivity contribution in [2.45, 2.75) is 6.92 Å². The molecule has 2 heterocycles. The first kappa shape index (κ1) is 9.21. The second-order valence-electron chi connectivity index (χ2n) is 3.25. The first-order valence-corrected chi connectivity index (χ1v) is 4.66. The Labute approximate surface area is 87.3 Å². The summed E-state index contributed by atoms with van der Waals surface area (Å²) >= 11 is 5.99. The predicted molar refractivity (Wildman–Crippen MR) is 56.2 cm³/mol. The lowest BCUT2D eigenvalue weighted by Gasteiger charge is -2.00. The third-order valence-electron chi connectivity index (χ3n) is 1.99. The lowest BCUT2D eigenvalue weighted by molar-refractivity contribution is 0.768. The molecule has 0 saturated carbocycles. The summed E-state index contributed by atoms with van der Waals surface area (Å²) in [7, 11) is 1.88. The maximum absolute atomic E-state index is 5.99. The molecule has 0 aromatic carbocycles. The van der Waals surface area contributed by atoms with Crippen LogP contribution in [-0.2, 0) is 7.05 Å². The topological polar surface area (TPSA) is 30.7 Å². The number of pyridine rings is 1. The minimum absolute atomic E-state index is 0.517. The minimum atomic E-state index is 0.517. The summed E-state index contributed by atoms with van der Waals surface area (Å²) in [6.45, 7) is 1.99. The second-order valence-corrected chi connectivity index (χ2v) is 3.61. The van der Waals surface area contributed by atoms with Gasteiger partial charge in [-0.05, 0) is 18.6 Å². The first-order chi connectivity index (χ1) is 6.66. The van der Waals surface area contributed by atoms with Gasteiger partial charge in [0.25, 0.3) is 0 Å². The molecule has 72 valence electrons. The van der Waals surface area contributed by atoms with Crippen molar-refractivity contribution in [1.82, 2.24) is 14.8 Å². The molecule has 0 radical (unpaired) electrons. The molecule has 0 atom stereocenters. The second kappa shape index (κ2) is 3.42. The Kier molecular flexibility index (Phi) is 2.25. The van der Waals surface area contributed by atoms with Crippen molar-refractivity contribution in [3.8, 4) is 11.1 Å². The summed E-state index contributed by atoms with van der Waals surface area (Å²) in [6, 6.07) is 2.01. The van der Waals surface area contributed by atoms with E-state index in [1.54, 1.807) is 17.1 Å². The minimum Gasteiger partial charge on any atom is -0.275 e. The number of halogens is 1. The predicted octanol–water partition coefficient (Wildman–Crippen LogP) is 2.44. The van der Waals surface area contributed by atoms with Crippen molar-refractivity contribution < 1.29 is 0 Å². The Hall–Kier alpha value is -1.35. The number of aryl methyl sites for hydroxylation is 2. The lowest BCUT2D eigenvalue weighted by Crippen LogP contribution is -1.85. The molecule has 3 nitrogen and oxygen atoms in total. The van der Waals surface area contributed by atoms with Gasteiger partial charge in [0, 0.05) is 30.6 Å². The smallest absolute Gasteiger partial charge is 0.136 e. The fraction of sp³-hybridized carbons (Fsp3) is 0.200. The van der Waals surface area contributed by atoms with Gasteiger partial charge < -0.3 is 0 Å². The zero-order valence-electron chi connectivity index (χ0n) is 8.03. The van der Waals surface area contributed by atoms with Crippen LogP contribution in [0.2, 0.25) is 5.15 Å². The highest BCUT2D eigenvalue weighted by Crippen LogP contribution is 2.25. The Morgan fingerprint density at radius 3 is 2.79 bits per heavy atom. The number of nitrogens with zero attached hydrogens (tertiary/aromatic N) is 3. The summed E-state index contributed by atoms with van der Waals surface area (Å²) in [5.74, 6) is 0. The average molecular weight is 208 g/mol. The zero-order chi connectivity index (χ0) is 10.1. The van der Waals surface area contributed by atoms with Crippen LogP contribution in [0.15, 0.2) is 24.7 Å². The lowest BCUT2D eigenvalue weighted by atomic mass is 10.1. The molecule has 0 aliphatic rings. The molecule has 0 amide bonds. The molecular weight excluding hydrogens is 198 g/mol. The number of aromatic nitrogens is 3. The molecule has 2 aromatic rings. The van der Waals surface area contributed by atoms with E-state index in [1.807, 2.05) is 26.2 Å². The number of hydrogen-bond donors (Lipinski definition) is 0. The van der Waals surface area contributed by atoms with E-state index >= 15 is 0 Å². The van der Waals surface area contributed by atoms with Gasteiger partial charge in [-0.15, -0.1) is 0 Å². The fourth-order valence-corrected chi connectivity index (χ4v) is 1.53. The maximum Gasteiger partial charge on any atom is 0.136 e. The van der Waals surface area contributed by atoms with Crippen LogP contribution in [0.3, 0.4) is 0 Å². The molecule has 0 aliphatic heterocycles. The molecule has 0 bridgehead atoms. The summed E-state index contributed by atoms with van der Waals surface area (Å²) in [6.07, 6.45) is 5.45. The van der Waals surface area contributed by atoms with Crippen molar-refractivity contribution in [3.63, 3.8) is 0 Å². The van der Waals surface area contributed by atoms with E-state index in [1.165, 1.54) is 0 Å². The Bertz CT molecular complexity index is 462. The molecule has 0 spiro atoms. The van der Waals surface area contributed by atoms with Crippen molar-refractivity contribution in [3.05, 3.63) is 35.4 Å². The van der Waals surface area contributed by atoms with Crippen LogP contribution in [0.1, 0.15) is 5.56 Å². The van der Waals surface area contributed by atoms with Crippen molar-refractivity contribution in [2.75, 3.05) is 0 Å². The van der Waals surface area contributed by atoms with E-state index in [9.17, 15) is 0 Å². The highest BCUT2D eigenvalue weighted by molar-refractivity contribution is 6.32. The van der Waals surface area contributed by atoms with Crippen LogP contribution in [0, 0.1) is 6.92 Å². The van der Waals surface area contributed by atoms with Gasteiger partial charge in [0.2, 0.25) is 0 Å². The van der Waals surface area contributed by atoms with Crippen LogP contribution in [0.4, 0.5) is 0 Å². The van der Waals surface area contributed by atoms with E-state index in [0.717, 1.165) is 16.7 Å². The molecule has 14 heavy (non-hydrogen) atoms. The summed E-state index contributed by atoms with van der Waals surface area (Å²) < 4.78 is 1.74. The standard InChI is InChI=1S/C10H10ClN3/c1-7-3-9(10(11)12-4-7)8-5-13-14(2)6-8/h3-6H,1-2H3. The van der Waals surface area contributed by atoms with Crippen LogP contribution >= 0.6 is 11.6 Å². The third-order valence-corrected chi connectivity index (χ3v) is 2.29. The highest BCUT2D eigenvalue weighted by atomic mass is 35.5. The molecule has 2 rings (SSSR count). The van der Waals surface area contributed by atoms with Gasteiger partial charge in [0.15, 0.2) is 0 Å². The van der Waals surface area contributed by atoms with Gasteiger partial charge >= 0.3 is 0 Å². The van der Waals surface area contributed by atoms with E-state index < -0.39 is 0 Å². The SMILES string of the molecule is Cc1cnc(Cl)c(-c2cnn(C)c2)c1. The summed E-state index contributed by atoms with van der Waals surface area (Å²) in [5, 5.41) is 4.61. The molecule has 0 unspecified atom stereocenters. The molecule has 0 saturated heterocycles. The van der Waals surface area contributed by atoms with Gasteiger partial charge in [0.1, 0.15) is 5.15 Å². The van der Waals surface area contributed by atoms with Gasteiger partial charge in [-0.25, -0.2) is 4.98 Å². The number of rotatable bonds is 1. The maximum atomic E-state index is 5.99. The molecule has 0 N–H and O–H groups in total. The normalized spacial score (nSPS) is 10.5. The third kappa shape index (κ3) is 1.63. The van der Waals surface area contributed by atoms with Crippen molar-refractivity contribution in [2.24, 2.45) is 7.05 Å². The number of hydrogen-bond acceptors (Lipinski definition) is 2. The van der Waals surface area contributed by atoms with Crippen molar-refractivity contribution >= 4 is 11.6 Å². The van der Waals surface area contributed by atoms with Crippen LogP contribution in [0.25, 0.3) is 11.1 Å². The quantitative estimate of drug-likeness (QED) is 0.673. The van der Waals surface area contributed by atoms with Gasteiger partial charge in [-0.3, -0.25) is 4.68 Å².